The number of fused-ring (bicyclic) bond motifs is 2. The van der Waals surface area contributed by atoms with E-state index in [0.29, 0.717) is 27.7 Å². The van der Waals surface area contributed by atoms with Crippen LogP contribution in [0.2, 0.25) is 0 Å². The lowest BCUT2D eigenvalue weighted by molar-refractivity contribution is -0.143. The highest BCUT2D eigenvalue weighted by Crippen LogP contribution is 2.37. The normalized spacial score (nSPS) is 12.8. The van der Waals surface area contributed by atoms with Crippen molar-refractivity contribution in [2.75, 3.05) is 6.54 Å². The minimum Gasteiger partial charge on any atom is -0.480 e. The standard InChI is InChI=1S/C26H32N2O7/c1-12(2)21(24(31)32)28-20(30)10-27-19(29)9-16-13(3)15-8-17-18(26(5,6)7)11-34-22(17)14(4)23(15)35-25(16)33/h8,11-12,21H,9-10H2,1-7H3,(H,27,29)(H,28,30)(H,31,32). The second-order valence-corrected chi connectivity index (χ2v) is 10.2. The Hall–Kier alpha value is -3.62. The van der Waals surface area contributed by atoms with E-state index in [2.05, 4.69) is 31.4 Å². The van der Waals surface area contributed by atoms with Crippen LogP contribution in [-0.2, 0) is 26.2 Å². The summed E-state index contributed by atoms with van der Waals surface area (Å²) in [5.74, 6) is -2.65. The number of rotatable bonds is 7. The predicted molar refractivity (Wildman–Crippen MR) is 132 cm³/mol. The van der Waals surface area contributed by atoms with Crippen molar-refractivity contribution in [2.24, 2.45) is 5.92 Å². The van der Waals surface area contributed by atoms with Crippen LogP contribution in [0.3, 0.4) is 0 Å². The zero-order valence-electron chi connectivity index (χ0n) is 21.1. The summed E-state index contributed by atoms with van der Waals surface area (Å²) in [5, 5.41) is 15.6. The Balaban J connectivity index is 1.87. The fourth-order valence-corrected chi connectivity index (χ4v) is 4.12. The Morgan fingerprint density at radius 1 is 1.03 bits per heavy atom. The van der Waals surface area contributed by atoms with Crippen molar-refractivity contribution in [3.8, 4) is 0 Å². The number of furan rings is 1. The first-order valence-electron chi connectivity index (χ1n) is 11.5. The third kappa shape index (κ3) is 5.23. The Kier molecular flexibility index (Phi) is 7.10. The molecule has 2 heterocycles. The molecule has 2 amide bonds. The number of amides is 2. The van der Waals surface area contributed by atoms with E-state index in [1.165, 1.54) is 0 Å². The molecule has 0 radical (unpaired) electrons. The highest BCUT2D eigenvalue weighted by molar-refractivity contribution is 6.00. The highest BCUT2D eigenvalue weighted by atomic mass is 16.4. The first kappa shape index (κ1) is 26.0. The molecule has 0 saturated heterocycles. The summed E-state index contributed by atoms with van der Waals surface area (Å²) in [6, 6.07) is 0.863. The van der Waals surface area contributed by atoms with Gasteiger partial charge in [0.25, 0.3) is 0 Å². The second kappa shape index (κ2) is 9.56. The van der Waals surface area contributed by atoms with E-state index in [-0.39, 0.29) is 23.3 Å². The molecular weight excluding hydrogens is 452 g/mol. The molecule has 0 aliphatic carbocycles. The molecule has 3 aromatic rings. The van der Waals surface area contributed by atoms with Crippen LogP contribution in [0.5, 0.6) is 0 Å². The summed E-state index contributed by atoms with van der Waals surface area (Å²) in [6.07, 6.45) is 1.44. The van der Waals surface area contributed by atoms with Crippen LogP contribution in [0, 0.1) is 19.8 Å². The number of aryl methyl sites for hydroxylation is 2. The molecule has 1 unspecified atom stereocenters. The van der Waals surface area contributed by atoms with Crippen LogP contribution >= 0.6 is 0 Å². The highest BCUT2D eigenvalue weighted by Gasteiger charge is 2.25. The smallest absolute Gasteiger partial charge is 0.340 e. The molecular formula is C26H32N2O7. The number of carboxylic acid groups (broad SMARTS) is 1. The maximum Gasteiger partial charge on any atom is 0.340 e. The number of carboxylic acids is 1. The predicted octanol–water partition coefficient (Wildman–Crippen LogP) is 3.34. The van der Waals surface area contributed by atoms with Gasteiger partial charge in [-0.05, 0) is 36.8 Å². The number of benzene rings is 1. The molecule has 0 aliphatic heterocycles. The molecule has 35 heavy (non-hydrogen) atoms. The first-order chi connectivity index (χ1) is 16.2. The molecule has 0 saturated carbocycles. The summed E-state index contributed by atoms with van der Waals surface area (Å²) in [6.45, 7) is 12.8. The number of hydrogen-bond donors (Lipinski definition) is 3. The van der Waals surface area contributed by atoms with E-state index in [0.717, 1.165) is 10.9 Å². The molecule has 9 heteroatoms. The summed E-state index contributed by atoms with van der Waals surface area (Å²) in [7, 11) is 0. The van der Waals surface area contributed by atoms with E-state index in [9.17, 15) is 24.3 Å². The quantitative estimate of drug-likeness (QED) is 0.437. The molecule has 188 valence electrons. The van der Waals surface area contributed by atoms with Crippen molar-refractivity contribution in [3.63, 3.8) is 0 Å². The molecule has 3 rings (SSSR count). The molecule has 2 aromatic heterocycles. The molecule has 0 fully saturated rings. The van der Waals surface area contributed by atoms with E-state index >= 15 is 0 Å². The fraction of sp³-hybridized carbons (Fsp3) is 0.462. The minimum absolute atomic E-state index is 0.159. The number of carbonyl (C=O) groups excluding carboxylic acids is 2. The maximum atomic E-state index is 12.8. The van der Waals surface area contributed by atoms with Gasteiger partial charge < -0.3 is 24.6 Å². The van der Waals surface area contributed by atoms with Crippen LogP contribution < -0.4 is 16.3 Å². The average Bonchev–Trinajstić information content (AvgIpc) is 3.19. The lowest BCUT2D eigenvalue weighted by Crippen LogP contribution is -2.48. The van der Waals surface area contributed by atoms with Crippen LogP contribution in [-0.4, -0.2) is 35.5 Å². The van der Waals surface area contributed by atoms with Gasteiger partial charge in [-0.3, -0.25) is 9.59 Å². The largest absolute Gasteiger partial charge is 0.480 e. The van der Waals surface area contributed by atoms with Gasteiger partial charge in [-0.15, -0.1) is 0 Å². The summed E-state index contributed by atoms with van der Waals surface area (Å²) in [4.78, 5) is 48.6. The number of nitrogens with one attached hydrogen (secondary N) is 2. The van der Waals surface area contributed by atoms with Gasteiger partial charge in [-0.25, -0.2) is 9.59 Å². The van der Waals surface area contributed by atoms with Gasteiger partial charge in [0.15, 0.2) is 0 Å². The molecule has 1 aromatic carbocycles. The van der Waals surface area contributed by atoms with Crippen molar-refractivity contribution in [2.45, 2.75) is 66.3 Å². The van der Waals surface area contributed by atoms with Crippen LogP contribution in [0.25, 0.3) is 21.9 Å². The third-order valence-corrected chi connectivity index (χ3v) is 6.18. The minimum atomic E-state index is -1.15. The monoisotopic (exact) mass is 484 g/mol. The van der Waals surface area contributed by atoms with Gasteiger partial charge in [0, 0.05) is 21.9 Å². The maximum absolute atomic E-state index is 12.8. The van der Waals surface area contributed by atoms with Gasteiger partial charge >= 0.3 is 11.6 Å². The van der Waals surface area contributed by atoms with E-state index < -0.39 is 36.0 Å². The van der Waals surface area contributed by atoms with E-state index in [4.69, 9.17) is 8.83 Å². The molecule has 1 atom stereocenters. The van der Waals surface area contributed by atoms with Crippen molar-refractivity contribution < 1.29 is 28.3 Å². The number of hydrogen-bond acceptors (Lipinski definition) is 6. The molecule has 0 bridgehead atoms. The van der Waals surface area contributed by atoms with E-state index in [1.807, 2.05) is 13.0 Å². The van der Waals surface area contributed by atoms with Crippen molar-refractivity contribution in [1.82, 2.24) is 10.6 Å². The zero-order chi connectivity index (χ0) is 26.2. The lowest BCUT2D eigenvalue weighted by atomic mass is 9.86. The van der Waals surface area contributed by atoms with E-state index in [1.54, 1.807) is 27.0 Å². The van der Waals surface area contributed by atoms with Gasteiger partial charge in [-0.1, -0.05) is 34.6 Å². The van der Waals surface area contributed by atoms with Gasteiger partial charge in [0.2, 0.25) is 11.8 Å². The van der Waals surface area contributed by atoms with Gasteiger partial charge in [-0.2, -0.15) is 0 Å². The Morgan fingerprint density at radius 3 is 2.26 bits per heavy atom. The molecule has 9 nitrogen and oxygen atoms in total. The van der Waals surface area contributed by atoms with Crippen LogP contribution in [0.1, 0.15) is 56.9 Å². The molecule has 3 N–H and O–H groups in total. The van der Waals surface area contributed by atoms with Crippen LogP contribution in [0.4, 0.5) is 0 Å². The van der Waals surface area contributed by atoms with Crippen molar-refractivity contribution in [1.29, 1.82) is 0 Å². The molecule has 0 aliphatic rings. The van der Waals surface area contributed by atoms with Crippen molar-refractivity contribution >= 4 is 39.7 Å². The van der Waals surface area contributed by atoms with Gasteiger partial charge in [0.1, 0.15) is 17.2 Å². The SMILES string of the molecule is Cc1c(CC(=O)NCC(=O)NC(C(=O)O)C(C)C)c(=O)oc2c(C)c3occ(C(C)(C)C)c3cc12. The van der Waals surface area contributed by atoms with Crippen LogP contribution in [0.15, 0.2) is 26.0 Å². The molecule has 0 spiro atoms. The zero-order valence-corrected chi connectivity index (χ0v) is 21.1. The lowest BCUT2D eigenvalue weighted by Gasteiger charge is -2.18. The Bertz CT molecular complexity index is 1370. The second-order valence-electron chi connectivity index (χ2n) is 10.2. The fourth-order valence-electron chi connectivity index (χ4n) is 4.12. The number of aliphatic carboxylic acids is 1. The third-order valence-electron chi connectivity index (χ3n) is 6.18. The summed E-state index contributed by atoms with van der Waals surface area (Å²) in [5.41, 5.74) is 2.81. The summed E-state index contributed by atoms with van der Waals surface area (Å²) < 4.78 is 11.4. The summed E-state index contributed by atoms with van der Waals surface area (Å²) >= 11 is 0. The Labute approximate surface area is 202 Å². The first-order valence-corrected chi connectivity index (χ1v) is 11.5. The topological polar surface area (TPSA) is 139 Å². The Morgan fingerprint density at radius 2 is 1.69 bits per heavy atom. The average molecular weight is 485 g/mol. The van der Waals surface area contributed by atoms with Crippen molar-refractivity contribution in [3.05, 3.63) is 45.0 Å². The van der Waals surface area contributed by atoms with Gasteiger partial charge in [0.05, 0.1) is 24.8 Å². The number of carbonyl (C=O) groups is 3.